The standard InChI is InChI=1S/C15H15N3/c16-9-12(10-17)13-6-8-18-7-2-4-11-3-1-5-14(13)15(11)18/h1,3,5,12-13H,2,4,6-8H2. The maximum Gasteiger partial charge on any atom is 0.140 e. The van der Waals surface area contributed by atoms with Crippen LogP contribution in [0.25, 0.3) is 0 Å². The van der Waals surface area contributed by atoms with Crippen molar-refractivity contribution in [2.45, 2.75) is 25.2 Å². The van der Waals surface area contributed by atoms with Gasteiger partial charge in [0.1, 0.15) is 5.92 Å². The summed E-state index contributed by atoms with van der Waals surface area (Å²) in [6, 6.07) is 10.7. The molecule has 2 aliphatic rings. The highest BCUT2D eigenvalue weighted by molar-refractivity contribution is 5.64. The van der Waals surface area contributed by atoms with Crippen molar-refractivity contribution >= 4 is 5.69 Å². The van der Waals surface area contributed by atoms with E-state index in [0.29, 0.717) is 0 Å². The van der Waals surface area contributed by atoms with Gasteiger partial charge in [-0.3, -0.25) is 0 Å². The fraction of sp³-hybridized carbons (Fsp3) is 0.467. The maximum absolute atomic E-state index is 9.12. The molecule has 3 rings (SSSR count). The predicted molar refractivity (Wildman–Crippen MR) is 69.1 cm³/mol. The van der Waals surface area contributed by atoms with Gasteiger partial charge in [-0.25, -0.2) is 0 Å². The normalized spacial score (nSPS) is 21.1. The Hall–Kier alpha value is -2.00. The molecule has 2 heterocycles. The minimum absolute atomic E-state index is 0.0873. The predicted octanol–water partition coefficient (Wildman–Crippen LogP) is 2.59. The number of benzene rings is 1. The van der Waals surface area contributed by atoms with Gasteiger partial charge in [-0.1, -0.05) is 18.2 Å². The summed E-state index contributed by atoms with van der Waals surface area (Å²) >= 11 is 0. The van der Waals surface area contributed by atoms with E-state index in [-0.39, 0.29) is 5.92 Å². The Morgan fingerprint density at radius 3 is 2.83 bits per heavy atom. The summed E-state index contributed by atoms with van der Waals surface area (Å²) < 4.78 is 0. The van der Waals surface area contributed by atoms with Gasteiger partial charge in [0, 0.05) is 24.7 Å². The molecule has 0 N–H and O–H groups in total. The summed E-state index contributed by atoms with van der Waals surface area (Å²) in [5.74, 6) is -0.426. The SMILES string of the molecule is N#CC(C#N)C1CCN2CCCc3cccc1c32. The number of anilines is 1. The Bertz CT molecular complexity index is 536. The quantitative estimate of drug-likeness (QED) is 0.754. The first-order chi connectivity index (χ1) is 8.85. The van der Waals surface area contributed by atoms with Crippen LogP contribution in [0.15, 0.2) is 18.2 Å². The first-order valence-corrected chi connectivity index (χ1v) is 6.51. The largest absolute Gasteiger partial charge is 0.371 e. The van der Waals surface area contributed by atoms with E-state index in [1.54, 1.807) is 0 Å². The second-order valence-electron chi connectivity index (χ2n) is 5.08. The lowest BCUT2D eigenvalue weighted by atomic mass is 9.79. The lowest BCUT2D eigenvalue weighted by molar-refractivity contribution is 0.514. The second kappa shape index (κ2) is 4.35. The van der Waals surface area contributed by atoms with Crippen LogP contribution in [0.1, 0.15) is 29.9 Å². The number of para-hydroxylation sites is 1. The number of hydrogen-bond acceptors (Lipinski definition) is 3. The third-order valence-corrected chi connectivity index (χ3v) is 4.13. The Labute approximate surface area is 107 Å². The zero-order valence-corrected chi connectivity index (χ0v) is 10.3. The number of nitriles is 2. The van der Waals surface area contributed by atoms with Crippen LogP contribution in [0.5, 0.6) is 0 Å². The van der Waals surface area contributed by atoms with Gasteiger partial charge < -0.3 is 4.90 Å². The minimum Gasteiger partial charge on any atom is -0.371 e. The average molecular weight is 237 g/mol. The highest BCUT2D eigenvalue weighted by Gasteiger charge is 2.33. The summed E-state index contributed by atoms with van der Waals surface area (Å²) in [5.41, 5.74) is 3.92. The molecule has 0 aliphatic carbocycles. The van der Waals surface area contributed by atoms with E-state index < -0.39 is 5.92 Å². The molecule has 3 nitrogen and oxygen atoms in total. The van der Waals surface area contributed by atoms with Gasteiger partial charge in [0.05, 0.1) is 12.1 Å². The Balaban J connectivity index is 2.10. The zero-order valence-electron chi connectivity index (χ0n) is 10.3. The van der Waals surface area contributed by atoms with E-state index in [2.05, 4.69) is 35.2 Å². The molecule has 0 aromatic heterocycles. The van der Waals surface area contributed by atoms with Crippen molar-refractivity contribution in [1.82, 2.24) is 0 Å². The van der Waals surface area contributed by atoms with E-state index >= 15 is 0 Å². The van der Waals surface area contributed by atoms with Crippen molar-refractivity contribution in [3.8, 4) is 12.1 Å². The number of nitrogens with zero attached hydrogens (tertiary/aromatic N) is 3. The molecule has 1 atom stereocenters. The highest BCUT2D eigenvalue weighted by atomic mass is 15.1. The average Bonchev–Trinajstić information content (AvgIpc) is 2.43. The summed E-state index contributed by atoms with van der Waals surface area (Å²) in [7, 11) is 0. The molecular formula is C15H15N3. The summed E-state index contributed by atoms with van der Waals surface area (Å²) in [4.78, 5) is 2.43. The third-order valence-electron chi connectivity index (χ3n) is 4.13. The summed E-state index contributed by atoms with van der Waals surface area (Å²) in [5, 5.41) is 18.2. The van der Waals surface area contributed by atoms with Crippen LogP contribution < -0.4 is 4.90 Å². The molecule has 0 saturated heterocycles. The first kappa shape index (κ1) is 11.1. The minimum atomic E-state index is -0.513. The van der Waals surface area contributed by atoms with Gasteiger partial charge in [0.15, 0.2) is 0 Å². The number of hydrogen-bond donors (Lipinski definition) is 0. The van der Waals surface area contributed by atoms with Crippen molar-refractivity contribution in [1.29, 1.82) is 10.5 Å². The van der Waals surface area contributed by atoms with E-state index in [1.165, 1.54) is 23.2 Å². The lowest BCUT2D eigenvalue weighted by Gasteiger charge is -2.40. The van der Waals surface area contributed by atoms with Gasteiger partial charge >= 0.3 is 0 Å². The van der Waals surface area contributed by atoms with Crippen LogP contribution in [0.4, 0.5) is 5.69 Å². The number of aryl methyl sites for hydroxylation is 1. The lowest BCUT2D eigenvalue weighted by Crippen LogP contribution is -2.37. The molecule has 1 aromatic carbocycles. The van der Waals surface area contributed by atoms with Crippen molar-refractivity contribution in [2.75, 3.05) is 18.0 Å². The van der Waals surface area contributed by atoms with E-state index in [9.17, 15) is 0 Å². The Morgan fingerprint density at radius 1 is 1.22 bits per heavy atom. The molecule has 2 aliphatic heterocycles. The molecule has 1 unspecified atom stereocenters. The third kappa shape index (κ3) is 1.56. The van der Waals surface area contributed by atoms with Crippen molar-refractivity contribution in [3.63, 3.8) is 0 Å². The Kier molecular flexibility index (Phi) is 2.68. The molecule has 18 heavy (non-hydrogen) atoms. The fourth-order valence-electron chi connectivity index (χ4n) is 3.30. The van der Waals surface area contributed by atoms with Crippen LogP contribution in [0, 0.1) is 28.6 Å². The highest BCUT2D eigenvalue weighted by Crippen LogP contribution is 2.43. The van der Waals surface area contributed by atoms with Gasteiger partial charge in [0.2, 0.25) is 0 Å². The molecule has 1 aromatic rings. The maximum atomic E-state index is 9.12. The summed E-state index contributed by atoms with van der Waals surface area (Å²) in [6.07, 6.45) is 3.25. The molecule has 0 radical (unpaired) electrons. The van der Waals surface area contributed by atoms with Gasteiger partial charge in [-0.15, -0.1) is 0 Å². The van der Waals surface area contributed by atoms with E-state index in [0.717, 1.165) is 25.9 Å². The van der Waals surface area contributed by atoms with E-state index in [1.807, 2.05) is 0 Å². The molecule has 0 spiro atoms. The van der Waals surface area contributed by atoms with Crippen LogP contribution in [-0.2, 0) is 6.42 Å². The van der Waals surface area contributed by atoms with Crippen LogP contribution >= 0.6 is 0 Å². The molecule has 0 amide bonds. The molecule has 0 saturated carbocycles. The van der Waals surface area contributed by atoms with Crippen molar-refractivity contribution < 1.29 is 0 Å². The monoisotopic (exact) mass is 237 g/mol. The molecule has 3 heteroatoms. The zero-order chi connectivity index (χ0) is 12.5. The smallest absolute Gasteiger partial charge is 0.140 e. The van der Waals surface area contributed by atoms with Crippen LogP contribution in [0.3, 0.4) is 0 Å². The van der Waals surface area contributed by atoms with E-state index in [4.69, 9.17) is 10.5 Å². The first-order valence-electron chi connectivity index (χ1n) is 6.51. The summed E-state index contributed by atoms with van der Waals surface area (Å²) in [6.45, 7) is 2.09. The van der Waals surface area contributed by atoms with Crippen LogP contribution in [0.2, 0.25) is 0 Å². The molecule has 0 bridgehead atoms. The van der Waals surface area contributed by atoms with Gasteiger partial charge in [-0.05, 0) is 30.4 Å². The molecule has 90 valence electrons. The van der Waals surface area contributed by atoms with Gasteiger partial charge in [0.25, 0.3) is 0 Å². The Morgan fingerprint density at radius 2 is 2.06 bits per heavy atom. The molecular weight excluding hydrogens is 222 g/mol. The fourth-order valence-corrected chi connectivity index (χ4v) is 3.30. The second-order valence-corrected chi connectivity index (χ2v) is 5.08. The molecule has 0 fully saturated rings. The van der Waals surface area contributed by atoms with Crippen molar-refractivity contribution in [3.05, 3.63) is 29.3 Å². The topological polar surface area (TPSA) is 50.8 Å². The van der Waals surface area contributed by atoms with Gasteiger partial charge in [-0.2, -0.15) is 10.5 Å². The van der Waals surface area contributed by atoms with Crippen LogP contribution in [-0.4, -0.2) is 13.1 Å². The number of rotatable bonds is 1. The van der Waals surface area contributed by atoms with Crippen molar-refractivity contribution in [2.24, 2.45) is 5.92 Å².